The molecule has 5 nitrogen and oxygen atoms in total. The highest BCUT2D eigenvalue weighted by Gasteiger charge is 2.14. The van der Waals surface area contributed by atoms with Crippen molar-refractivity contribution in [1.29, 1.82) is 0 Å². The molecule has 1 aromatic carbocycles. The number of esters is 1. The molecular formula is C18H18N2O3S2. The molecule has 0 aliphatic rings. The van der Waals surface area contributed by atoms with E-state index in [0.29, 0.717) is 13.0 Å². The molecule has 2 aromatic heterocycles. The highest BCUT2D eigenvalue weighted by atomic mass is 32.1. The van der Waals surface area contributed by atoms with Gasteiger partial charge in [0.2, 0.25) is 0 Å². The lowest BCUT2D eigenvalue weighted by molar-refractivity contribution is -0.151. The Balaban J connectivity index is 1.44. The summed E-state index contributed by atoms with van der Waals surface area (Å²) in [6, 6.07) is 9.85. The summed E-state index contributed by atoms with van der Waals surface area (Å²) < 4.78 is 6.17. The molecule has 0 radical (unpaired) electrons. The van der Waals surface area contributed by atoms with Gasteiger partial charge >= 0.3 is 5.97 Å². The zero-order valence-electron chi connectivity index (χ0n) is 13.8. The predicted octanol–water partition coefficient (Wildman–Crippen LogP) is 3.49. The maximum Gasteiger partial charge on any atom is 0.306 e. The fourth-order valence-electron chi connectivity index (χ4n) is 2.28. The number of amides is 1. The van der Waals surface area contributed by atoms with E-state index in [1.807, 2.05) is 41.1 Å². The summed E-state index contributed by atoms with van der Waals surface area (Å²) in [5.74, 6) is -0.587. The van der Waals surface area contributed by atoms with E-state index in [1.54, 1.807) is 29.7 Å². The number of para-hydroxylation sites is 1. The van der Waals surface area contributed by atoms with Gasteiger partial charge in [-0.05, 0) is 40.9 Å². The predicted molar refractivity (Wildman–Crippen MR) is 99.7 cm³/mol. The van der Waals surface area contributed by atoms with Crippen LogP contribution in [0.4, 0.5) is 0 Å². The van der Waals surface area contributed by atoms with Crippen molar-refractivity contribution in [3.63, 3.8) is 0 Å². The molecule has 130 valence electrons. The zero-order valence-corrected chi connectivity index (χ0v) is 15.4. The van der Waals surface area contributed by atoms with Gasteiger partial charge in [0, 0.05) is 13.5 Å². The molecule has 0 atom stereocenters. The standard InChI is InChI=1S/C18H18N2O3S2/c1-20(10-16-19-14-4-2-3-5-15(14)25-16)17(21)11-23-18(22)7-6-13-8-9-24-12-13/h2-5,8-9,12H,6-7,10-11H2,1H3. The second-order valence-electron chi connectivity index (χ2n) is 5.62. The van der Waals surface area contributed by atoms with Crippen LogP contribution in [0.15, 0.2) is 41.1 Å². The van der Waals surface area contributed by atoms with Gasteiger partial charge in [-0.15, -0.1) is 11.3 Å². The Labute approximate surface area is 153 Å². The normalized spacial score (nSPS) is 10.8. The summed E-state index contributed by atoms with van der Waals surface area (Å²) in [5.41, 5.74) is 2.05. The summed E-state index contributed by atoms with van der Waals surface area (Å²) in [7, 11) is 1.69. The van der Waals surface area contributed by atoms with Gasteiger partial charge in [0.15, 0.2) is 6.61 Å². The zero-order chi connectivity index (χ0) is 17.6. The first-order valence-corrected chi connectivity index (χ1v) is 9.63. The van der Waals surface area contributed by atoms with Crippen LogP contribution in [0.5, 0.6) is 0 Å². The van der Waals surface area contributed by atoms with Gasteiger partial charge in [-0.3, -0.25) is 9.59 Å². The Hall–Kier alpha value is -2.25. The van der Waals surface area contributed by atoms with Crippen molar-refractivity contribution in [2.45, 2.75) is 19.4 Å². The van der Waals surface area contributed by atoms with Crippen LogP contribution < -0.4 is 0 Å². The SMILES string of the molecule is CN(Cc1nc2ccccc2s1)C(=O)COC(=O)CCc1ccsc1. The summed E-state index contributed by atoms with van der Waals surface area (Å²) in [6.07, 6.45) is 0.920. The fourth-order valence-corrected chi connectivity index (χ4v) is 4.01. The van der Waals surface area contributed by atoms with Crippen LogP contribution in [0.2, 0.25) is 0 Å². The van der Waals surface area contributed by atoms with Gasteiger partial charge < -0.3 is 9.64 Å². The smallest absolute Gasteiger partial charge is 0.306 e. The number of rotatable bonds is 7. The Morgan fingerprint density at radius 3 is 2.84 bits per heavy atom. The molecule has 0 spiro atoms. The first kappa shape index (κ1) is 17.6. The van der Waals surface area contributed by atoms with Gasteiger partial charge in [-0.2, -0.15) is 11.3 Å². The van der Waals surface area contributed by atoms with E-state index in [-0.39, 0.29) is 24.9 Å². The van der Waals surface area contributed by atoms with Gasteiger partial charge in [0.25, 0.3) is 5.91 Å². The summed E-state index contributed by atoms with van der Waals surface area (Å²) in [5, 5.41) is 4.84. The number of aryl methyl sites for hydroxylation is 1. The van der Waals surface area contributed by atoms with Gasteiger partial charge in [-0.1, -0.05) is 12.1 Å². The molecule has 3 aromatic rings. The number of thiazole rings is 1. The van der Waals surface area contributed by atoms with E-state index >= 15 is 0 Å². The number of ether oxygens (including phenoxy) is 1. The average Bonchev–Trinajstić information content (AvgIpc) is 3.26. The molecule has 3 rings (SSSR count). The van der Waals surface area contributed by atoms with E-state index in [4.69, 9.17) is 4.74 Å². The second-order valence-corrected chi connectivity index (χ2v) is 7.51. The number of likely N-dealkylation sites (N-methyl/N-ethyl adjacent to an activating group) is 1. The van der Waals surface area contributed by atoms with Crippen molar-refractivity contribution in [2.75, 3.05) is 13.7 Å². The van der Waals surface area contributed by atoms with Crippen LogP contribution in [0, 0.1) is 0 Å². The number of aromatic nitrogens is 1. The number of carbonyl (C=O) groups excluding carboxylic acids is 2. The largest absolute Gasteiger partial charge is 0.456 e. The summed E-state index contributed by atoms with van der Waals surface area (Å²) in [4.78, 5) is 29.9. The molecule has 7 heteroatoms. The Kier molecular flexibility index (Phi) is 5.78. The summed E-state index contributed by atoms with van der Waals surface area (Å²) >= 11 is 3.16. The minimum Gasteiger partial charge on any atom is -0.456 e. The van der Waals surface area contributed by atoms with Crippen LogP contribution in [0.25, 0.3) is 10.2 Å². The second kappa shape index (κ2) is 8.22. The molecule has 1 amide bonds. The molecule has 25 heavy (non-hydrogen) atoms. The molecular weight excluding hydrogens is 356 g/mol. The Bertz CT molecular complexity index is 825. The maximum atomic E-state index is 12.1. The lowest BCUT2D eigenvalue weighted by Crippen LogP contribution is -2.30. The minimum absolute atomic E-state index is 0.232. The lowest BCUT2D eigenvalue weighted by Gasteiger charge is -2.15. The third kappa shape index (κ3) is 4.87. The van der Waals surface area contributed by atoms with E-state index < -0.39 is 0 Å². The number of thiophene rings is 1. The molecule has 0 aliphatic carbocycles. The van der Waals surface area contributed by atoms with Crippen LogP contribution in [-0.2, 0) is 27.3 Å². The van der Waals surface area contributed by atoms with Gasteiger partial charge in [0.05, 0.1) is 16.8 Å². The van der Waals surface area contributed by atoms with Crippen molar-refractivity contribution in [3.8, 4) is 0 Å². The van der Waals surface area contributed by atoms with Crippen molar-refractivity contribution in [1.82, 2.24) is 9.88 Å². The third-order valence-electron chi connectivity index (χ3n) is 3.69. The van der Waals surface area contributed by atoms with Crippen LogP contribution in [-0.4, -0.2) is 35.4 Å². The van der Waals surface area contributed by atoms with E-state index in [1.165, 1.54) is 4.90 Å². The van der Waals surface area contributed by atoms with Gasteiger partial charge in [0.1, 0.15) is 5.01 Å². The first-order valence-electron chi connectivity index (χ1n) is 7.87. The Morgan fingerprint density at radius 2 is 2.08 bits per heavy atom. The molecule has 0 unspecified atom stereocenters. The molecule has 0 saturated heterocycles. The number of carbonyl (C=O) groups is 2. The van der Waals surface area contributed by atoms with E-state index in [9.17, 15) is 9.59 Å². The van der Waals surface area contributed by atoms with Crippen LogP contribution >= 0.6 is 22.7 Å². The monoisotopic (exact) mass is 374 g/mol. The molecule has 0 fully saturated rings. The first-order chi connectivity index (χ1) is 12.1. The molecule has 0 aliphatic heterocycles. The molecule has 2 heterocycles. The van der Waals surface area contributed by atoms with E-state index in [0.717, 1.165) is 20.8 Å². The molecule has 0 bridgehead atoms. The molecule has 0 saturated carbocycles. The number of fused-ring (bicyclic) bond motifs is 1. The number of hydrogen-bond donors (Lipinski definition) is 0. The van der Waals surface area contributed by atoms with Crippen molar-refractivity contribution >= 4 is 44.8 Å². The quantitative estimate of drug-likeness (QED) is 0.594. The molecule has 0 N–H and O–H groups in total. The number of benzene rings is 1. The van der Waals surface area contributed by atoms with Crippen LogP contribution in [0.3, 0.4) is 0 Å². The maximum absolute atomic E-state index is 12.1. The Morgan fingerprint density at radius 1 is 1.24 bits per heavy atom. The van der Waals surface area contributed by atoms with Crippen molar-refractivity contribution in [3.05, 3.63) is 51.7 Å². The number of hydrogen-bond acceptors (Lipinski definition) is 6. The van der Waals surface area contributed by atoms with Crippen molar-refractivity contribution < 1.29 is 14.3 Å². The lowest BCUT2D eigenvalue weighted by atomic mass is 10.2. The van der Waals surface area contributed by atoms with Gasteiger partial charge in [-0.25, -0.2) is 4.98 Å². The topological polar surface area (TPSA) is 59.5 Å². The fraction of sp³-hybridized carbons (Fsp3) is 0.278. The minimum atomic E-state index is -0.354. The number of nitrogens with zero attached hydrogens (tertiary/aromatic N) is 2. The van der Waals surface area contributed by atoms with E-state index in [2.05, 4.69) is 4.98 Å². The highest BCUT2D eigenvalue weighted by Crippen LogP contribution is 2.22. The summed E-state index contributed by atoms with van der Waals surface area (Å²) in [6.45, 7) is 0.175. The van der Waals surface area contributed by atoms with Crippen molar-refractivity contribution in [2.24, 2.45) is 0 Å². The third-order valence-corrected chi connectivity index (χ3v) is 5.44. The highest BCUT2D eigenvalue weighted by molar-refractivity contribution is 7.18. The van der Waals surface area contributed by atoms with Crippen LogP contribution in [0.1, 0.15) is 17.0 Å². The average molecular weight is 374 g/mol.